The van der Waals surface area contributed by atoms with Crippen LogP contribution >= 0.6 is 23.2 Å². The van der Waals surface area contributed by atoms with Crippen LogP contribution < -0.4 is 0 Å². The summed E-state index contributed by atoms with van der Waals surface area (Å²) in [6, 6.07) is 5.49. The largest absolute Gasteiger partial charge is 0.249 e. The zero-order valence-electron chi connectivity index (χ0n) is 16.6. The van der Waals surface area contributed by atoms with Crippen molar-refractivity contribution >= 4 is 51.6 Å². The van der Waals surface area contributed by atoms with E-state index in [-0.39, 0.29) is 0 Å². The molecule has 5 aliphatic heterocycles. The molecule has 5 aliphatic rings. The average molecular weight is 453 g/mol. The van der Waals surface area contributed by atoms with Crippen molar-refractivity contribution < 1.29 is 0 Å². The molecule has 0 unspecified atom stereocenters. The van der Waals surface area contributed by atoms with Gasteiger partial charge in [-0.05, 0) is 79.0 Å². The summed E-state index contributed by atoms with van der Waals surface area (Å²) in [4.78, 5) is 18.9. The highest BCUT2D eigenvalue weighted by atomic mass is 35.5. The number of hydrogen-bond donors (Lipinski definition) is 0. The van der Waals surface area contributed by atoms with Gasteiger partial charge in [-0.2, -0.15) is 0 Å². The van der Waals surface area contributed by atoms with E-state index >= 15 is 0 Å². The lowest BCUT2D eigenvalue weighted by Crippen LogP contribution is -1.92. The van der Waals surface area contributed by atoms with Gasteiger partial charge in [-0.1, -0.05) is 29.3 Å². The lowest BCUT2D eigenvalue weighted by Gasteiger charge is -2.09. The Hall–Kier alpha value is -3.60. The third kappa shape index (κ3) is 3.54. The van der Waals surface area contributed by atoms with Gasteiger partial charge < -0.3 is 0 Å². The fourth-order valence-corrected chi connectivity index (χ4v) is 4.45. The second-order valence-electron chi connectivity index (χ2n) is 7.54. The van der Waals surface area contributed by atoms with Gasteiger partial charge in [0.25, 0.3) is 0 Å². The molecule has 0 saturated carbocycles. The molecule has 0 spiro atoms. The lowest BCUT2D eigenvalue weighted by atomic mass is 10.0. The summed E-state index contributed by atoms with van der Waals surface area (Å²) in [7, 11) is 0. The van der Waals surface area contributed by atoms with Crippen LogP contribution in [0.1, 0.15) is 5.56 Å². The third-order valence-electron chi connectivity index (χ3n) is 5.27. The molecule has 0 fully saturated rings. The molecular formula is C26H14Cl2N4. The van der Waals surface area contributed by atoms with Crippen LogP contribution in [0.3, 0.4) is 0 Å². The van der Waals surface area contributed by atoms with E-state index in [1.807, 2.05) is 85.0 Å². The Morgan fingerprint density at radius 1 is 0.500 bits per heavy atom. The van der Waals surface area contributed by atoms with Crippen molar-refractivity contribution in [3.8, 4) is 0 Å². The summed E-state index contributed by atoms with van der Waals surface area (Å²) in [5.41, 5.74) is 8.11. The van der Waals surface area contributed by atoms with Gasteiger partial charge in [-0.15, -0.1) is 0 Å². The van der Waals surface area contributed by atoms with Gasteiger partial charge in [0.15, 0.2) is 0 Å². The van der Waals surface area contributed by atoms with Gasteiger partial charge in [0, 0.05) is 21.2 Å². The second-order valence-corrected chi connectivity index (χ2v) is 8.35. The highest BCUT2D eigenvalue weighted by Crippen LogP contribution is 2.38. The summed E-state index contributed by atoms with van der Waals surface area (Å²) in [5.74, 6) is 0. The predicted molar refractivity (Wildman–Crippen MR) is 134 cm³/mol. The molecule has 6 heteroatoms. The van der Waals surface area contributed by atoms with E-state index in [2.05, 4.69) is 9.98 Å². The van der Waals surface area contributed by atoms with Crippen molar-refractivity contribution in [3.63, 3.8) is 0 Å². The fraction of sp³-hybridized carbons (Fsp3) is 0. The fourth-order valence-electron chi connectivity index (χ4n) is 3.85. The Morgan fingerprint density at radius 2 is 1.00 bits per heavy atom. The van der Waals surface area contributed by atoms with Crippen LogP contribution in [0.15, 0.2) is 128 Å². The lowest BCUT2D eigenvalue weighted by molar-refractivity contribution is 1.41. The first-order valence-electron chi connectivity index (χ1n) is 10.0. The summed E-state index contributed by atoms with van der Waals surface area (Å²) in [5, 5.41) is 1.14. The van der Waals surface area contributed by atoms with Crippen molar-refractivity contribution in [2.45, 2.75) is 0 Å². The van der Waals surface area contributed by atoms with Gasteiger partial charge in [0.2, 0.25) is 0 Å². The molecule has 6 rings (SSSR count). The molecule has 0 aliphatic carbocycles. The number of rotatable bonds is 1. The van der Waals surface area contributed by atoms with Crippen molar-refractivity contribution in [2.75, 3.05) is 0 Å². The Kier molecular flexibility index (Phi) is 4.49. The van der Waals surface area contributed by atoms with Crippen molar-refractivity contribution in [1.82, 2.24) is 0 Å². The SMILES string of the molecule is Clc1cccc(Cl)c1C1=CC2=NC1=CC1=NC(=CC3=NC(=CC4=NC(=C2)C=C4)C=C3)C=C1. The molecule has 1 aromatic carbocycles. The smallest absolute Gasteiger partial charge is 0.0738 e. The number of halogens is 2. The predicted octanol–water partition coefficient (Wildman–Crippen LogP) is 6.41. The summed E-state index contributed by atoms with van der Waals surface area (Å²) < 4.78 is 0. The van der Waals surface area contributed by atoms with Gasteiger partial charge >= 0.3 is 0 Å². The molecule has 8 bridgehead atoms. The number of benzene rings is 1. The quantitative estimate of drug-likeness (QED) is 0.472. The molecule has 32 heavy (non-hydrogen) atoms. The van der Waals surface area contributed by atoms with E-state index in [0.717, 1.165) is 56.8 Å². The number of fused-ring (bicyclic) bond motifs is 4. The number of aliphatic imine (C=N–C) groups is 4. The Labute approximate surface area is 194 Å². The van der Waals surface area contributed by atoms with Gasteiger partial charge in [0.1, 0.15) is 0 Å². The normalized spacial score (nSPS) is 20.2. The second kappa shape index (κ2) is 7.52. The monoisotopic (exact) mass is 452 g/mol. The minimum Gasteiger partial charge on any atom is -0.249 e. The van der Waals surface area contributed by atoms with Gasteiger partial charge in [-0.3, -0.25) is 0 Å². The summed E-state index contributed by atoms with van der Waals surface area (Å²) in [6.45, 7) is 0. The molecule has 152 valence electrons. The highest BCUT2D eigenvalue weighted by molar-refractivity contribution is 6.38. The van der Waals surface area contributed by atoms with Crippen LogP contribution in [0.2, 0.25) is 10.0 Å². The zero-order chi connectivity index (χ0) is 21.7. The Balaban J connectivity index is 1.53. The maximum absolute atomic E-state index is 6.52. The zero-order valence-corrected chi connectivity index (χ0v) is 18.1. The highest BCUT2D eigenvalue weighted by Gasteiger charge is 2.21. The molecule has 0 saturated heterocycles. The van der Waals surface area contributed by atoms with Crippen LogP contribution in [0, 0.1) is 0 Å². The topological polar surface area (TPSA) is 49.4 Å². The maximum atomic E-state index is 6.52. The Morgan fingerprint density at radius 3 is 1.56 bits per heavy atom. The number of nitrogens with zero attached hydrogens (tertiary/aromatic N) is 4. The molecular weight excluding hydrogens is 439 g/mol. The summed E-state index contributed by atoms with van der Waals surface area (Å²) in [6.07, 6.45) is 21.6. The van der Waals surface area contributed by atoms with Crippen LogP contribution in [-0.2, 0) is 0 Å². The Bertz CT molecular complexity index is 1440. The van der Waals surface area contributed by atoms with Crippen molar-refractivity contribution in [1.29, 1.82) is 0 Å². The standard InChI is InChI=1S/C26H14Cl2N4/c27-23-2-1-3-24(28)26(23)22-13-21-12-19-7-6-17(30-19)10-15-4-5-16(29-15)11-18-8-9-20(31-18)14-25(22)32-21/h1-14H. The number of allylic oxidation sites excluding steroid dienone is 12. The molecule has 0 atom stereocenters. The van der Waals surface area contributed by atoms with E-state index in [4.69, 9.17) is 33.2 Å². The van der Waals surface area contributed by atoms with Crippen LogP contribution in [0.25, 0.3) is 5.57 Å². The third-order valence-corrected chi connectivity index (χ3v) is 5.90. The van der Waals surface area contributed by atoms with E-state index in [1.54, 1.807) is 0 Å². The van der Waals surface area contributed by atoms with E-state index in [0.29, 0.717) is 10.0 Å². The van der Waals surface area contributed by atoms with Crippen molar-refractivity contribution in [2.24, 2.45) is 20.0 Å². The maximum Gasteiger partial charge on any atom is 0.0738 e. The summed E-state index contributed by atoms with van der Waals surface area (Å²) >= 11 is 13.0. The van der Waals surface area contributed by atoms with Crippen molar-refractivity contribution in [3.05, 3.63) is 123 Å². The molecule has 0 amide bonds. The van der Waals surface area contributed by atoms with Crippen LogP contribution in [0.5, 0.6) is 0 Å². The van der Waals surface area contributed by atoms with Gasteiger partial charge in [-0.25, -0.2) is 20.0 Å². The molecule has 5 heterocycles. The first kappa shape index (κ1) is 19.1. The molecule has 0 N–H and O–H groups in total. The van der Waals surface area contributed by atoms with E-state index in [1.165, 1.54) is 0 Å². The first-order chi connectivity index (χ1) is 15.6. The molecule has 0 aromatic heterocycles. The van der Waals surface area contributed by atoms with Gasteiger partial charge in [0.05, 0.1) is 45.6 Å². The minimum absolute atomic E-state index is 0.572. The molecule has 0 radical (unpaired) electrons. The van der Waals surface area contributed by atoms with E-state index < -0.39 is 0 Å². The first-order valence-corrected chi connectivity index (χ1v) is 10.8. The van der Waals surface area contributed by atoms with Crippen LogP contribution in [-0.4, -0.2) is 22.8 Å². The number of hydrogen-bond acceptors (Lipinski definition) is 4. The van der Waals surface area contributed by atoms with E-state index in [9.17, 15) is 0 Å². The molecule has 1 aromatic rings. The average Bonchev–Trinajstić information content (AvgIpc) is 3.54. The van der Waals surface area contributed by atoms with Crippen LogP contribution in [0.4, 0.5) is 0 Å². The minimum atomic E-state index is 0.572. The molecule has 4 nitrogen and oxygen atoms in total.